The third-order valence-electron chi connectivity index (χ3n) is 1.91. The van der Waals surface area contributed by atoms with Gasteiger partial charge in [-0.15, -0.1) is 0 Å². The van der Waals surface area contributed by atoms with Crippen molar-refractivity contribution in [3.05, 3.63) is 54.0 Å². The highest BCUT2D eigenvalue weighted by atomic mass is 19.1. The minimum Gasteiger partial charge on any atom is -0.466 e. The quantitative estimate of drug-likeness (QED) is 0.792. The molecule has 1 N–H and O–H groups in total. The molecule has 72 valence electrons. The fourth-order valence-corrected chi connectivity index (χ4v) is 1.21. The van der Waals surface area contributed by atoms with Crippen LogP contribution in [0.2, 0.25) is 0 Å². The minimum absolute atomic E-state index is 0.162. The van der Waals surface area contributed by atoms with E-state index < -0.39 is 11.9 Å². The number of rotatable bonds is 2. The van der Waals surface area contributed by atoms with Crippen LogP contribution in [0.15, 0.2) is 41.3 Å². The minimum atomic E-state index is -1.08. The van der Waals surface area contributed by atoms with Crippen LogP contribution in [0.3, 0.4) is 0 Å². The maximum atomic E-state index is 13.2. The molecule has 0 aliphatic carbocycles. The lowest BCUT2D eigenvalue weighted by Crippen LogP contribution is -2.01. The number of pyridine rings is 1. The maximum absolute atomic E-state index is 13.2. The van der Waals surface area contributed by atoms with Crippen LogP contribution in [0.25, 0.3) is 0 Å². The Balaban J connectivity index is 2.37. The lowest BCUT2D eigenvalue weighted by Gasteiger charge is -2.07. The molecule has 0 aliphatic rings. The molecule has 0 radical (unpaired) electrons. The van der Waals surface area contributed by atoms with Gasteiger partial charge in [-0.05, 0) is 18.2 Å². The number of aliphatic hydroxyl groups excluding tert-OH is 1. The summed E-state index contributed by atoms with van der Waals surface area (Å²) in [6.45, 7) is 0. The van der Waals surface area contributed by atoms with Crippen LogP contribution in [-0.2, 0) is 0 Å². The molecule has 0 fully saturated rings. The molecule has 14 heavy (non-hydrogen) atoms. The second-order valence-electron chi connectivity index (χ2n) is 2.82. The first-order valence-electron chi connectivity index (χ1n) is 4.10. The molecule has 0 bridgehead atoms. The maximum Gasteiger partial charge on any atom is 0.147 e. The van der Waals surface area contributed by atoms with E-state index in [9.17, 15) is 9.50 Å². The Kier molecular flexibility index (Phi) is 2.28. The highest BCUT2D eigenvalue weighted by molar-refractivity contribution is 5.23. The van der Waals surface area contributed by atoms with Crippen molar-refractivity contribution in [3.63, 3.8) is 0 Å². The van der Waals surface area contributed by atoms with Crippen LogP contribution in [-0.4, -0.2) is 10.1 Å². The van der Waals surface area contributed by atoms with Crippen molar-refractivity contribution in [2.75, 3.05) is 0 Å². The normalized spacial score (nSPS) is 12.7. The number of halogens is 1. The van der Waals surface area contributed by atoms with Crippen molar-refractivity contribution in [3.8, 4) is 0 Å². The van der Waals surface area contributed by atoms with E-state index in [2.05, 4.69) is 4.98 Å². The summed E-state index contributed by atoms with van der Waals surface area (Å²) < 4.78 is 18.1. The van der Waals surface area contributed by atoms with Crippen molar-refractivity contribution < 1.29 is 13.9 Å². The van der Waals surface area contributed by atoms with Crippen molar-refractivity contribution in [1.29, 1.82) is 0 Å². The Morgan fingerprint density at radius 1 is 1.43 bits per heavy atom. The summed E-state index contributed by atoms with van der Waals surface area (Å²) in [5.74, 6) is -0.230. The molecule has 0 saturated heterocycles. The monoisotopic (exact) mass is 193 g/mol. The van der Waals surface area contributed by atoms with Gasteiger partial charge in [0.25, 0.3) is 0 Å². The standard InChI is InChI=1S/C10H8FNO2/c11-8-6-12-4-3-7(8)10(13)9-2-1-5-14-9/h1-6,10,13H. The summed E-state index contributed by atoms with van der Waals surface area (Å²) in [7, 11) is 0. The summed E-state index contributed by atoms with van der Waals surface area (Å²) in [5.41, 5.74) is 0.162. The smallest absolute Gasteiger partial charge is 0.147 e. The Morgan fingerprint density at radius 2 is 2.29 bits per heavy atom. The molecule has 1 atom stereocenters. The lowest BCUT2D eigenvalue weighted by atomic mass is 10.1. The predicted molar refractivity (Wildman–Crippen MR) is 47.0 cm³/mol. The van der Waals surface area contributed by atoms with E-state index in [0.29, 0.717) is 5.76 Å². The lowest BCUT2D eigenvalue weighted by molar-refractivity contribution is 0.184. The predicted octanol–water partition coefficient (Wildman–Crippen LogP) is 1.90. The number of nitrogens with zero attached hydrogens (tertiary/aromatic N) is 1. The first-order valence-corrected chi connectivity index (χ1v) is 4.10. The zero-order valence-corrected chi connectivity index (χ0v) is 7.22. The third kappa shape index (κ3) is 1.52. The van der Waals surface area contributed by atoms with E-state index in [0.717, 1.165) is 6.20 Å². The van der Waals surface area contributed by atoms with E-state index in [1.807, 2.05) is 0 Å². The largest absolute Gasteiger partial charge is 0.466 e. The van der Waals surface area contributed by atoms with Crippen molar-refractivity contribution in [2.24, 2.45) is 0 Å². The highest BCUT2D eigenvalue weighted by Gasteiger charge is 2.16. The van der Waals surface area contributed by atoms with Crippen molar-refractivity contribution in [1.82, 2.24) is 4.98 Å². The molecular weight excluding hydrogens is 185 g/mol. The molecule has 2 aromatic heterocycles. The SMILES string of the molecule is OC(c1ccco1)c1ccncc1F. The molecule has 0 spiro atoms. The van der Waals surface area contributed by atoms with Gasteiger partial charge in [-0.2, -0.15) is 0 Å². The molecule has 1 unspecified atom stereocenters. The topological polar surface area (TPSA) is 46.3 Å². The Labute approximate surface area is 79.8 Å². The zero-order chi connectivity index (χ0) is 9.97. The molecule has 4 heteroatoms. The first kappa shape index (κ1) is 8.90. The molecule has 0 saturated carbocycles. The van der Waals surface area contributed by atoms with Crippen molar-refractivity contribution >= 4 is 0 Å². The van der Waals surface area contributed by atoms with Gasteiger partial charge in [0.15, 0.2) is 0 Å². The fraction of sp³-hybridized carbons (Fsp3) is 0.100. The summed E-state index contributed by atoms with van der Waals surface area (Å²) in [5, 5.41) is 9.70. The van der Waals surface area contributed by atoms with Crippen LogP contribution < -0.4 is 0 Å². The van der Waals surface area contributed by atoms with Crippen LogP contribution in [0.5, 0.6) is 0 Å². The Morgan fingerprint density at radius 3 is 2.93 bits per heavy atom. The van der Waals surface area contributed by atoms with Crippen LogP contribution >= 0.6 is 0 Å². The van der Waals surface area contributed by atoms with Gasteiger partial charge in [0.2, 0.25) is 0 Å². The highest BCUT2D eigenvalue weighted by Crippen LogP contribution is 2.23. The Hall–Kier alpha value is -1.68. The van der Waals surface area contributed by atoms with Gasteiger partial charge in [-0.25, -0.2) is 4.39 Å². The van der Waals surface area contributed by atoms with Gasteiger partial charge in [-0.3, -0.25) is 4.98 Å². The van der Waals surface area contributed by atoms with Crippen LogP contribution in [0.1, 0.15) is 17.4 Å². The number of furan rings is 1. The summed E-state index contributed by atoms with van der Waals surface area (Å²) in [6.07, 6.45) is 2.83. The van der Waals surface area contributed by atoms with E-state index in [1.165, 1.54) is 18.5 Å². The first-order chi connectivity index (χ1) is 6.79. The average molecular weight is 193 g/mol. The number of hydrogen-bond acceptors (Lipinski definition) is 3. The Bertz CT molecular complexity index is 414. The second-order valence-corrected chi connectivity index (χ2v) is 2.82. The van der Waals surface area contributed by atoms with E-state index >= 15 is 0 Å². The van der Waals surface area contributed by atoms with Crippen LogP contribution in [0, 0.1) is 5.82 Å². The molecule has 3 nitrogen and oxygen atoms in total. The van der Waals surface area contributed by atoms with Crippen molar-refractivity contribution in [2.45, 2.75) is 6.10 Å². The van der Waals surface area contributed by atoms with Gasteiger partial charge in [0.05, 0.1) is 12.5 Å². The number of aromatic nitrogens is 1. The van der Waals surface area contributed by atoms with Gasteiger partial charge in [-0.1, -0.05) is 0 Å². The van der Waals surface area contributed by atoms with E-state index in [-0.39, 0.29) is 5.56 Å². The number of hydrogen-bond donors (Lipinski definition) is 1. The molecule has 0 amide bonds. The average Bonchev–Trinajstić information content (AvgIpc) is 2.70. The second kappa shape index (κ2) is 3.59. The summed E-state index contributed by atoms with van der Waals surface area (Å²) in [6, 6.07) is 4.64. The summed E-state index contributed by atoms with van der Waals surface area (Å²) >= 11 is 0. The molecule has 2 heterocycles. The van der Waals surface area contributed by atoms with Gasteiger partial charge in [0, 0.05) is 11.8 Å². The van der Waals surface area contributed by atoms with Gasteiger partial charge >= 0.3 is 0 Å². The fourth-order valence-electron chi connectivity index (χ4n) is 1.21. The molecule has 0 aliphatic heterocycles. The molecule has 0 aromatic carbocycles. The third-order valence-corrected chi connectivity index (χ3v) is 1.91. The molecular formula is C10H8FNO2. The van der Waals surface area contributed by atoms with Gasteiger partial charge < -0.3 is 9.52 Å². The molecule has 2 aromatic rings. The summed E-state index contributed by atoms with van der Waals surface area (Å²) in [4.78, 5) is 3.59. The van der Waals surface area contributed by atoms with E-state index in [4.69, 9.17) is 4.42 Å². The van der Waals surface area contributed by atoms with Crippen LogP contribution in [0.4, 0.5) is 4.39 Å². The van der Waals surface area contributed by atoms with Gasteiger partial charge in [0.1, 0.15) is 17.7 Å². The number of aliphatic hydroxyl groups is 1. The molecule has 2 rings (SSSR count). The van der Waals surface area contributed by atoms with E-state index in [1.54, 1.807) is 12.1 Å². The zero-order valence-electron chi connectivity index (χ0n) is 7.22.